The molecule has 2 atom stereocenters. The minimum atomic E-state index is -4.64. The Morgan fingerprint density at radius 1 is 0.533 bits per heavy atom. The molecule has 0 amide bonds. The Kier molecular flexibility index (Phi) is 39.6. The van der Waals surface area contributed by atoms with Crippen LogP contribution in [0.25, 0.3) is 0 Å². The predicted octanol–water partition coefficient (Wildman–Crippen LogP) is 12.9. The fourth-order valence-corrected chi connectivity index (χ4v) is 6.50. The summed E-state index contributed by atoms with van der Waals surface area (Å²) < 4.78 is 33.9. The van der Waals surface area contributed by atoms with Crippen LogP contribution in [0.2, 0.25) is 0 Å². The zero-order valence-electron chi connectivity index (χ0n) is 38.6. The number of phosphoric acid groups is 1. The highest BCUT2D eigenvalue weighted by atomic mass is 31.2. The summed E-state index contributed by atoms with van der Waals surface area (Å²) >= 11 is 0. The minimum Gasteiger partial charge on any atom is -0.756 e. The Labute approximate surface area is 367 Å². The number of hydrogen-bond donors (Lipinski definition) is 0. The Balaban J connectivity index is 4.40. The van der Waals surface area contributed by atoms with Gasteiger partial charge in [0.05, 0.1) is 27.7 Å². The molecule has 0 saturated heterocycles. The van der Waals surface area contributed by atoms with E-state index in [1.807, 2.05) is 21.1 Å². The maximum absolute atomic E-state index is 12.7. The number of nitrogens with zero attached hydrogens (tertiary/aromatic N) is 1. The summed E-state index contributed by atoms with van der Waals surface area (Å²) in [6.45, 7) is 4.03. The number of ether oxygens (including phenoxy) is 2. The topological polar surface area (TPSA) is 111 Å². The van der Waals surface area contributed by atoms with Crippen molar-refractivity contribution in [2.24, 2.45) is 0 Å². The Hall–Kier alpha value is -2.81. The zero-order chi connectivity index (χ0) is 44.3. The molecule has 0 radical (unpaired) electrons. The lowest BCUT2D eigenvalue weighted by atomic mass is 10.1. The third-order valence-electron chi connectivity index (χ3n) is 9.40. The van der Waals surface area contributed by atoms with Crippen molar-refractivity contribution in [1.29, 1.82) is 0 Å². The molecule has 0 aromatic carbocycles. The molecule has 60 heavy (non-hydrogen) atoms. The molecule has 0 spiro atoms. The molecule has 0 bridgehead atoms. The summed E-state index contributed by atoms with van der Waals surface area (Å²) in [6.07, 6.45) is 53.2. The smallest absolute Gasteiger partial charge is 0.306 e. The normalized spacial score (nSPS) is 14.3. The number of phosphoric ester groups is 1. The SMILES string of the molecule is CC/C=C\C/C=C\C/C=C\C/C=C\C/C=C\CCCCCCCC(=O)OC(COC(=O)CCCCCCC/C=C\C/C=C\CCCCC)COP(=O)([O-])OCC[N+](C)(C)C. The van der Waals surface area contributed by atoms with Crippen molar-refractivity contribution in [3.8, 4) is 0 Å². The first-order chi connectivity index (χ1) is 29.0. The van der Waals surface area contributed by atoms with E-state index < -0.39 is 32.5 Å². The van der Waals surface area contributed by atoms with Gasteiger partial charge in [-0.25, -0.2) is 0 Å². The average Bonchev–Trinajstić information content (AvgIpc) is 3.20. The van der Waals surface area contributed by atoms with Crippen LogP contribution in [0.15, 0.2) is 85.1 Å². The second kappa shape index (κ2) is 41.5. The number of allylic oxidation sites excluding steroid dienone is 14. The van der Waals surface area contributed by atoms with Crippen molar-refractivity contribution >= 4 is 19.8 Å². The number of rotatable bonds is 41. The van der Waals surface area contributed by atoms with Gasteiger partial charge in [-0.1, -0.05) is 150 Å². The molecule has 0 fully saturated rings. The van der Waals surface area contributed by atoms with Crippen molar-refractivity contribution in [3.63, 3.8) is 0 Å². The van der Waals surface area contributed by atoms with Crippen molar-refractivity contribution in [2.45, 2.75) is 174 Å². The number of esters is 2. The van der Waals surface area contributed by atoms with Gasteiger partial charge in [-0.15, -0.1) is 0 Å². The highest BCUT2D eigenvalue weighted by molar-refractivity contribution is 7.45. The highest BCUT2D eigenvalue weighted by Gasteiger charge is 2.21. The number of quaternary nitrogens is 1. The molecule has 10 heteroatoms. The zero-order valence-corrected chi connectivity index (χ0v) is 39.5. The minimum absolute atomic E-state index is 0.0421. The van der Waals surface area contributed by atoms with Crippen LogP contribution in [0.1, 0.15) is 168 Å². The molecule has 0 aliphatic carbocycles. The molecule has 0 aliphatic rings. The van der Waals surface area contributed by atoms with Gasteiger partial charge in [0, 0.05) is 12.8 Å². The van der Waals surface area contributed by atoms with Gasteiger partial charge in [-0.2, -0.15) is 0 Å². The fourth-order valence-electron chi connectivity index (χ4n) is 5.77. The van der Waals surface area contributed by atoms with E-state index in [1.165, 1.54) is 25.7 Å². The lowest BCUT2D eigenvalue weighted by Gasteiger charge is -2.28. The summed E-state index contributed by atoms with van der Waals surface area (Å²) in [5.74, 6) is -0.880. The molecule has 0 saturated carbocycles. The number of hydrogen-bond acceptors (Lipinski definition) is 8. The van der Waals surface area contributed by atoms with E-state index in [9.17, 15) is 19.0 Å². The molecule has 0 aliphatic heterocycles. The summed E-state index contributed by atoms with van der Waals surface area (Å²) in [4.78, 5) is 37.6. The van der Waals surface area contributed by atoms with E-state index in [4.69, 9.17) is 18.5 Å². The van der Waals surface area contributed by atoms with Crippen molar-refractivity contribution in [3.05, 3.63) is 85.1 Å². The van der Waals surface area contributed by atoms with Crippen molar-refractivity contribution in [1.82, 2.24) is 0 Å². The largest absolute Gasteiger partial charge is 0.756 e. The first-order valence-electron chi connectivity index (χ1n) is 23.3. The van der Waals surface area contributed by atoms with Gasteiger partial charge in [0.1, 0.15) is 19.8 Å². The molecule has 0 aromatic heterocycles. The van der Waals surface area contributed by atoms with Gasteiger partial charge in [0.25, 0.3) is 7.82 Å². The monoisotopic (exact) mass is 860 g/mol. The van der Waals surface area contributed by atoms with E-state index in [0.717, 1.165) is 103 Å². The number of carbonyl (C=O) groups excluding carboxylic acids is 2. The van der Waals surface area contributed by atoms with E-state index in [2.05, 4.69) is 98.9 Å². The van der Waals surface area contributed by atoms with E-state index in [1.54, 1.807) is 0 Å². The second-order valence-corrected chi connectivity index (χ2v) is 17.8. The van der Waals surface area contributed by atoms with Crippen molar-refractivity contribution < 1.29 is 42.1 Å². The molecule has 0 aromatic rings. The van der Waals surface area contributed by atoms with Crippen LogP contribution in [-0.2, 0) is 32.7 Å². The molecular weight excluding hydrogens is 774 g/mol. The Morgan fingerprint density at radius 2 is 0.950 bits per heavy atom. The molecule has 0 N–H and O–H groups in total. The quantitative estimate of drug-likeness (QED) is 0.0196. The third-order valence-corrected chi connectivity index (χ3v) is 10.4. The number of likely N-dealkylation sites (N-methyl/N-ethyl adjacent to an activating group) is 1. The van der Waals surface area contributed by atoms with Gasteiger partial charge < -0.3 is 27.9 Å². The fraction of sp³-hybridized carbons (Fsp3) is 0.680. The van der Waals surface area contributed by atoms with Crippen LogP contribution in [0.5, 0.6) is 0 Å². The van der Waals surface area contributed by atoms with E-state index in [0.29, 0.717) is 23.9 Å². The summed E-state index contributed by atoms with van der Waals surface area (Å²) in [5.41, 5.74) is 0. The standard InChI is InChI=1S/C50H86NO8P/c1-6-8-10-12-14-16-18-20-22-23-24-25-26-27-29-31-33-35-37-39-41-43-50(53)59-48(47-58-60(54,55)57-45-44-51(3,4)5)46-56-49(52)42-40-38-36-34-32-30-28-21-19-17-15-13-11-9-7-2/h8,10,14-17,20-22,24-25,27-29,48H,6-7,9,11-13,18-19,23,26,30-47H2,1-5H3/b10-8-,16-14-,17-15-,22-20-,25-24-,28-21-,29-27-. The van der Waals surface area contributed by atoms with Crippen LogP contribution in [0, 0.1) is 0 Å². The second-order valence-electron chi connectivity index (χ2n) is 16.4. The van der Waals surface area contributed by atoms with Crippen LogP contribution in [0.3, 0.4) is 0 Å². The average molecular weight is 860 g/mol. The lowest BCUT2D eigenvalue weighted by Crippen LogP contribution is -2.37. The Bertz CT molecular complexity index is 1290. The lowest BCUT2D eigenvalue weighted by molar-refractivity contribution is -0.870. The van der Waals surface area contributed by atoms with Gasteiger partial charge in [0.2, 0.25) is 0 Å². The van der Waals surface area contributed by atoms with Crippen LogP contribution in [0.4, 0.5) is 0 Å². The predicted molar refractivity (Wildman–Crippen MR) is 249 cm³/mol. The Morgan fingerprint density at radius 3 is 1.42 bits per heavy atom. The molecule has 2 unspecified atom stereocenters. The summed E-state index contributed by atoms with van der Waals surface area (Å²) in [6, 6.07) is 0. The maximum atomic E-state index is 12.7. The van der Waals surface area contributed by atoms with Gasteiger partial charge >= 0.3 is 11.9 Å². The highest BCUT2D eigenvalue weighted by Crippen LogP contribution is 2.38. The van der Waals surface area contributed by atoms with Crippen LogP contribution >= 0.6 is 7.82 Å². The summed E-state index contributed by atoms with van der Waals surface area (Å²) in [7, 11) is 1.13. The molecule has 0 heterocycles. The first kappa shape index (κ1) is 57.2. The number of carbonyl (C=O) groups is 2. The van der Waals surface area contributed by atoms with Crippen LogP contribution < -0.4 is 4.89 Å². The molecular formula is C50H86NO8P. The van der Waals surface area contributed by atoms with Gasteiger partial charge in [-0.3, -0.25) is 14.2 Å². The van der Waals surface area contributed by atoms with E-state index in [-0.39, 0.29) is 26.1 Å². The summed E-state index contributed by atoms with van der Waals surface area (Å²) in [5, 5.41) is 0. The maximum Gasteiger partial charge on any atom is 0.306 e. The number of unbranched alkanes of at least 4 members (excludes halogenated alkanes) is 13. The first-order valence-corrected chi connectivity index (χ1v) is 24.8. The third kappa shape index (κ3) is 44.7. The molecule has 9 nitrogen and oxygen atoms in total. The van der Waals surface area contributed by atoms with Gasteiger partial charge in [0.15, 0.2) is 6.10 Å². The van der Waals surface area contributed by atoms with Gasteiger partial charge in [-0.05, 0) is 89.9 Å². The van der Waals surface area contributed by atoms with Crippen molar-refractivity contribution in [2.75, 3.05) is 47.5 Å². The van der Waals surface area contributed by atoms with E-state index >= 15 is 0 Å². The van der Waals surface area contributed by atoms with Crippen LogP contribution in [-0.4, -0.2) is 70.0 Å². The molecule has 0 rings (SSSR count). The molecule has 344 valence electrons.